The summed E-state index contributed by atoms with van der Waals surface area (Å²) in [5, 5.41) is 14.2. The van der Waals surface area contributed by atoms with Gasteiger partial charge in [0.05, 0.1) is 30.2 Å². The van der Waals surface area contributed by atoms with E-state index in [9.17, 15) is 14.4 Å². The summed E-state index contributed by atoms with van der Waals surface area (Å²) in [4.78, 5) is 18.4. The smallest absolute Gasteiger partial charge is 0.234 e. The Morgan fingerprint density at radius 2 is 2.07 bits per heavy atom. The maximum absolute atomic E-state index is 13.5. The van der Waals surface area contributed by atoms with Gasteiger partial charge < -0.3 is 4.90 Å². The van der Waals surface area contributed by atoms with Crippen LogP contribution in [0.2, 0.25) is 5.02 Å². The van der Waals surface area contributed by atoms with E-state index in [0.29, 0.717) is 22.9 Å². The average molecular weight is 398 g/mol. The molecule has 3 aromatic rings. The van der Waals surface area contributed by atoms with Crippen LogP contribution >= 0.6 is 11.6 Å². The number of amides is 1. The molecule has 0 saturated carbocycles. The van der Waals surface area contributed by atoms with Gasteiger partial charge in [-0.05, 0) is 31.5 Å². The standard InChI is InChI=1S/C20H17ClFN5O/c1-3-26(20(28)13(2)14-4-6-15(21)7-5-14)19-12-27(25-18(19)9-23)17-8-16(22)10-24-11-17/h4-8,10-13H,3H2,1-2H3. The largest absolute Gasteiger partial charge is 0.308 e. The summed E-state index contributed by atoms with van der Waals surface area (Å²) in [6, 6.07) is 10.3. The lowest BCUT2D eigenvalue weighted by molar-refractivity contribution is -0.119. The van der Waals surface area contributed by atoms with Crippen LogP contribution in [0.3, 0.4) is 0 Å². The number of nitriles is 1. The first-order valence-corrected chi connectivity index (χ1v) is 9.00. The van der Waals surface area contributed by atoms with Crippen LogP contribution in [0.5, 0.6) is 0 Å². The van der Waals surface area contributed by atoms with Gasteiger partial charge in [0, 0.05) is 17.6 Å². The number of benzene rings is 1. The first-order chi connectivity index (χ1) is 13.4. The normalized spacial score (nSPS) is 11.7. The molecule has 1 unspecified atom stereocenters. The number of hydrogen-bond donors (Lipinski definition) is 0. The van der Waals surface area contributed by atoms with Crippen molar-refractivity contribution in [3.8, 4) is 11.8 Å². The predicted molar refractivity (Wildman–Crippen MR) is 104 cm³/mol. The van der Waals surface area contributed by atoms with Crippen LogP contribution in [-0.4, -0.2) is 27.2 Å². The fourth-order valence-corrected chi connectivity index (χ4v) is 3.00. The maximum atomic E-state index is 13.5. The fourth-order valence-electron chi connectivity index (χ4n) is 2.87. The summed E-state index contributed by atoms with van der Waals surface area (Å²) in [6.07, 6.45) is 4.04. The first-order valence-electron chi connectivity index (χ1n) is 8.62. The van der Waals surface area contributed by atoms with E-state index >= 15 is 0 Å². The summed E-state index contributed by atoms with van der Waals surface area (Å²) >= 11 is 5.92. The van der Waals surface area contributed by atoms with Crippen LogP contribution in [-0.2, 0) is 4.79 Å². The first kappa shape index (κ1) is 19.5. The Hall–Kier alpha value is -3.24. The molecule has 1 atom stereocenters. The minimum Gasteiger partial charge on any atom is -0.308 e. The number of pyridine rings is 1. The van der Waals surface area contributed by atoms with Gasteiger partial charge in [-0.2, -0.15) is 10.4 Å². The van der Waals surface area contributed by atoms with Gasteiger partial charge >= 0.3 is 0 Å². The van der Waals surface area contributed by atoms with Gasteiger partial charge in [0.15, 0.2) is 5.69 Å². The van der Waals surface area contributed by atoms with E-state index in [4.69, 9.17) is 11.6 Å². The van der Waals surface area contributed by atoms with Crippen LogP contribution in [0.15, 0.2) is 48.9 Å². The molecule has 0 aliphatic heterocycles. The third-order valence-electron chi connectivity index (χ3n) is 4.37. The molecule has 1 aromatic carbocycles. The Labute approximate surface area is 166 Å². The van der Waals surface area contributed by atoms with Crippen molar-refractivity contribution in [3.63, 3.8) is 0 Å². The highest BCUT2D eigenvalue weighted by Crippen LogP contribution is 2.26. The Morgan fingerprint density at radius 3 is 2.68 bits per heavy atom. The summed E-state index contributed by atoms with van der Waals surface area (Å²) in [5.41, 5.74) is 1.60. The predicted octanol–water partition coefficient (Wildman–Crippen LogP) is 4.09. The Kier molecular flexibility index (Phi) is 5.71. The highest BCUT2D eigenvalue weighted by molar-refractivity contribution is 6.30. The summed E-state index contributed by atoms with van der Waals surface area (Å²) in [5.74, 6) is -1.14. The van der Waals surface area contributed by atoms with Gasteiger partial charge in [0.2, 0.25) is 5.91 Å². The SMILES string of the molecule is CCN(C(=O)C(C)c1ccc(Cl)cc1)c1cn(-c2cncc(F)c2)nc1C#N. The number of hydrogen-bond acceptors (Lipinski definition) is 4. The number of halogens is 2. The lowest BCUT2D eigenvalue weighted by Gasteiger charge is -2.23. The molecule has 0 spiro atoms. The van der Waals surface area contributed by atoms with Gasteiger partial charge in [0.1, 0.15) is 17.6 Å². The van der Waals surface area contributed by atoms with E-state index < -0.39 is 11.7 Å². The molecule has 1 amide bonds. The second-order valence-corrected chi connectivity index (χ2v) is 6.57. The summed E-state index contributed by atoms with van der Waals surface area (Å²) < 4.78 is 14.8. The summed E-state index contributed by atoms with van der Waals surface area (Å²) in [7, 11) is 0. The average Bonchev–Trinajstić information content (AvgIpc) is 3.12. The number of carbonyl (C=O) groups is 1. The highest BCUT2D eigenvalue weighted by atomic mass is 35.5. The molecule has 8 heteroatoms. The fraction of sp³-hybridized carbons (Fsp3) is 0.200. The topological polar surface area (TPSA) is 74.8 Å². The monoisotopic (exact) mass is 397 g/mol. The van der Waals surface area contributed by atoms with Crippen LogP contribution in [0.1, 0.15) is 31.0 Å². The molecule has 3 rings (SSSR count). The van der Waals surface area contributed by atoms with E-state index in [1.54, 1.807) is 31.2 Å². The third kappa shape index (κ3) is 3.87. The third-order valence-corrected chi connectivity index (χ3v) is 4.62. The van der Waals surface area contributed by atoms with Crippen LogP contribution in [0.25, 0.3) is 5.69 Å². The molecule has 0 aliphatic rings. The molecule has 142 valence electrons. The number of nitrogens with zero attached hydrogens (tertiary/aromatic N) is 5. The van der Waals surface area contributed by atoms with Crippen LogP contribution in [0, 0.1) is 17.1 Å². The lowest BCUT2D eigenvalue weighted by Crippen LogP contribution is -2.34. The molecule has 28 heavy (non-hydrogen) atoms. The number of anilines is 1. The van der Waals surface area contributed by atoms with Crippen molar-refractivity contribution in [3.05, 3.63) is 71.0 Å². The minimum absolute atomic E-state index is 0.0720. The van der Waals surface area contributed by atoms with Crippen LogP contribution < -0.4 is 4.90 Å². The van der Waals surface area contributed by atoms with E-state index in [1.807, 2.05) is 13.0 Å². The van der Waals surface area contributed by atoms with E-state index in [0.717, 1.165) is 11.8 Å². The summed E-state index contributed by atoms with van der Waals surface area (Å²) in [6.45, 7) is 3.95. The zero-order chi connectivity index (χ0) is 20.3. The Balaban J connectivity index is 1.96. The van der Waals surface area contributed by atoms with Crippen molar-refractivity contribution in [2.75, 3.05) is 11.4 Å². The van der Waals surface area contributed by atoms with E-state index in [2.05, 4.69) is 10.1 Å². The van der Waals surface area contributed by atoms with Crippen molar-refractivity contribution in [1.29, 1.82) is 5.26 Å². The quantitative estimate of drug-likeness (QED) is 0.649. The molecule has 0 radical (unpaired) electrons. The second kappa shape index (κ2) is 8.19. The van der Waals surface area contributed by atoms with Gasteiger partial charge in [-0.3, -0.25) is 9.78 Å². The Morgan fingerprint density at radius 1 is 1.36 bits per heavy atom. The number of likely N-dealkylation sites (N-methyl/N-ethyl adjacent to an activating group) is 1. The molecule has 2 aromatic heterocycles. The van der Waals surface area contributed by atoms with Crippen molar-refractivity contribution < 1.29 is 9.18 Å². The number of rotatable bonds is 5. The molecule has 0 fully saturated rings. The minimum atomic E-state index is -0.521. The second-order valence-electron chi connectivity index (χ2n) is 6.14. The molecular formula is C20H17ClFN5O. The Bertz CT molecular complexity index is 1040. The van der Waals surface area contributed by atoms with Gasteiger partial charge in [0.25, 0.3) is 0 Å². The number of aromatic nitrogens is 3. The van der Waals surface area contributed by atoms with Crippen molar-refractivity contribution in [2.24, 2.45) is 0 Å². The van der Waals surface area contributed by atoms with E-state index in [1.165, 1.54) is 28.0 Å². The van der Waals surface area contributed by atoms with Crippen molar-refractivity contribution in [2.45, 2.75) is 19.8 Å². The number of carbonyl (C=O) groups excluding carboxylic acids is 1. The van der Waals surface area contributed by atoms with Crippen molar-refractivity contribution >= 4 is 23.2 Å². The van der Waals surface area contributed by atoms with Crippen molar-refractivity contribution in [1.82, 2.24) is 14.8 Å². The van der Waals surface area contributed by atoms with Gasteiger partial charge in [-0.15, -0.1) is 0 Å². The zero-order valence-electron chi connectivity index (χ0n) is 15.3. The molecule has 6 nitrogen and oxygen atoms in total. The van der Waals surface area contributed by atoms with E-state index in [-0.39, 0.29) is 11.6 Å². The molecule has 2 heterocycles. The molecule has 0 aliphatic carbocycles. The zero-order valence-corrected chi connectivity index (χ0v) is 16.1. The highest BCUT2D eigenvalue weighted by Gasteiger charge is 2.26. The van der Waals surface area contributed by atoms with Crippen LogP contribution in [0.4, 0.5) is 10.1 Å². The molecule has 0 saturated heterocycles. The molecular weight excluding hydrogens is 381 g/mol. The lowest BCUT2D eigenvalue weighted by atomic mass is 9.99. The maximum Gasteiger partial charge on any atom is 0.234 e. The molecule has 0 bridgehead atoms. The van der Waals surface area contributed by atoms with Gasteiger partial charge in [-0.1, -0.05) is 23.7 Å². The van der Waals surface area contributed by atoms with Gasteiger partial charge in [-0.25, -0.2) is 9.07 Å². The molecule has 0 N–H and O–H groups in total.